The van der Waals surface area contributed by atoms with Crippen LogP contribution in [0.4, 0.5) is 4.79 Å². The number of hydrogen-bond donors (Lipinski definition) is 1. The first-order valence-electron chi connectivity index (χ1n) is 14.5. The van der Waals surface area contributed by atoms with Crippen LogP contribution in [-0.2, 0) is 10.2 Å². The van der Waals surface area contributed by atoms with Gasteiger partial charge in [0.25, 0.3) is 0 Å². The predicted molar refractivity (Wildman–Crippen MR) is 169 cm³/mol. The number of carbonyl (C=O) groups excluding carboxylic acids is 2. The second kappa shape index (κ2) is 12.1. The van der Waals surface area contributed by atoms with Crippen molar-refractivity contribution in [3.05, 3.63) is 100 Å². The van der Waals surface area contributed by atoms with Crippen LogP contribution in [0.25, 0.3) is 0 Å². The van der Waals surface area contributed by atoms with E-state index in [1.54, 1.807) is 9.80 Å². The molecule has 7 heteroatoms. The first-order chi connectivity index (χ1) is 20.6. The van der Waals surface area contributed by atoms with Crippen LogP contribution < -0.4 is 10.1 Å². The molecule has 0 aliphatic carbocycles. The molecule has 218 valence electrons. The number of rotatable bonds is 5. The summed E-state index contributed by atoms with van der Waals surface area (Å²) >= 11 is 0. The highest BCUT2D eigenvalue weighted by molar-refractivity contribution is 6.11. The van der Waals surface area contributed by atoms with E-state index in [4.69, 9.17) is 22.6 Å². The van der Waals surface area contributed by atoms with Crippen molar-refractivity contribution >= 4 is 17.8 Å². The number of amidine groups is 1. The molecule has 0 aromatic heterocycles. The zero-order valence-electron chi connectivity index (χ0n) is 25.1. The molecule has 0 spiro atoms. The van der Waals surface area contributed by atoms with Gasteiger partial charge in [0.05, 0.1) is 18.2 Å². The Morgan fingerprint density at radius 2 is 1.63 bits per heavy atom. The maximum absolute atomic E-state index is 14.5. The summed E-state index contributed by atoms with van der Waals surface area (Å²) in [6.45, 7) is 9.56. The van der Waals surface area contributed by atoms with Crippen molar-refractivity contribution < 1.29 is 14.3 Å². The van der Waals surface area contributed by atoms with Crippen molar-refractivity contribution in [3.8, 4) is 30.4 Å². The summed E-state index contributed by atoms with van der Waals surface area (Å²) in [5, 5.41) is 2.81. The summed E-state index contributed by atoms with van der Waals surface area (Å²) in [7, 11) is 0. The molecule has 0 bridgehead atoms. The zero-order chi connectivity index (χ0) is 30.7. The number of benzene rings is 3. The number of hydrogen-bond acceptors (Lipinski definition) is 4. The molecule has 2 aliphatic heterocycles. The van der Waals surface area contributed by atoms with E-state index in [0.717, 1.165) is 27.8 Å². The molecular formula is C36H36N4O3. The van der Waals surface area contributed by atoms with Gasteiger partial charge in [-0.3, -0.25) is 14.7 Å². The van der Waals surface area contributed by atoms with Gasteiger partial charge in [0.2, 0.25) is 5.91 Å². The summed E-state index contributed by atoms with van der Waals surface area (Å²) in [6.07, 6.45) is 11.3. The Morgan fingerprint density at radius 3 is 2.19 bits per heavy atom. The lowest BCUT2D eigenvalue weighted by Gasteiger charge is -2.36. The Hall–Kier alpha value is -5.01. The maximum Gasteiger partial charge on any atom is 0.326 e. The lowest BCUT2D eigenvalue weighted by Crippen LogP contribution is -2.55. The molecule has 7 nitrogen and oxygen atoms in total. The molecule has 2 heterocycles. The Labute approximate surface area is 254 Å². The number of aliphatic imine (C=N–C) groups is 1. The molecule has 2 unspecified atom stereocenters. The zero-order valence-corrected chi connectivity index (χ0v) is 25.1. The standard InChI is InChI=1S/C36H36N4O3/c1-7-24-10-14-26(15-11-24)32-33(27-16-12-25(8-2)13-17-27)40(35(42)39-21-20-37-31(41)23-39)34(38-32)29-19-18-28(36(4,5)6)22-30(29)43-9-3/h1-2,10-19,22,32-33H,9,20-21,23H2,3-6H3,(H,37,41). The minimum atomic E-state index is -0.521. The van der Waals surface area contributed by atoms with Crippen molar-refractivity contribution in [1.82, 2.24) is 15.1 Å². The fourth-order valence-corrected chi connectivity index (χ4v) is 5.49. The van der Waals surface area contributed by atoms with E-state index in [0.29, 0.717) is 36.8 Å². The molecule has 1 N–H and O–H groups in total. The van der Waals surface area contributed by atoms with Crippen molar-refractivity contribution in [2.24, 2.45) is 4.99 Å². The molecule has 2 aliphatic rings. The van der Waals surface area contributed by atoms with E-state index in [9.17, 15) is 9.59 Å². The summed E-state index contributed by atoms with van der Waals surface area (Å²) in [4.78, 5) is 35.4. The highest BCUT2D eigenvalue weighted by atomic mass is 16.5. The van der Waals surface area contributed by atoms with Gasteiger partial charge < -0.3 is 15.0 Å². The molecule has 43 heavy (non-hydrogen) atoms. The highest BCUT2D eigenvalue weighted by Crippen LogP contribution is 2.45. The number of ether oxygens (including phenoxy) is 1. The fraction of sp³-hybridized carbons (Fsp3) is 0.306. The summed E-state index contributed by atoms with van der Waals surface area (Å²) < 4.78 is 6.18. The van der Waals surface area contributed by atoms with E-state index in [1.807, 2.05) is 67.6 Å². The molecule has 0 radical (unpaired) electrons. The van der Waals surface area contributed by atoms with Crippen LogP contribution >= 0.6 is 0 Å². The quantitative estimate of drug-likeness (QED) is 0.414. The average molecular weight is 573 g/mol. The number of nitrogens with zero attached hydrogens (tertiary/aromatic N) is 3. The van der Waals surface area contributed by atoms with E-state index >= 15 is 0 Å². The van der Waals surface area contributed by atoms with Gasteiger partial charge in [0.15, 0.2) is 0 Å². The monoisotopic (exact) mass is 572 g/mol. The van der Waals surface area contributed by atoms with Crippen LogP contribution in [0.2, 0.25) is 0 Å². The van der Waals surface area contributed by atoms with Gasteiger partial charge in [-0.05, 0) is 65.4 Å². The number of carbonyl (C=O) groups is 2. The summed E-state index contributed by atoms with van der Waals surface area (Å²) in [5.41, 5.74) is 4.95. The van der Waals surface area contributed by atoms with Gasteiger partial charge in [-0.2, -0.15) is 0 Å². The van der Waals surface area contributed by atoms with Crippen LogP contribution in [-0.4, -0.2) is 53.8 Å². The number of piperazine rings is 1. The van der Waals surface area contributed by atoms with Gasteiger partial charge in [0.1, 0.15) is 24.2 Å². The topological polar surface area (TPSA) is 74.2 Å². The van der Waals surface area contributed by atoms with Crippen LogP contribution in [0.3, 0.4) is 0 Å². The minimum Gasteiger partial charge on any atom is -0.493 e. The molecule has 2 atom stereocenters. The normalized spacial score (nSPS) is 18.4. The predicted octanol–water partition coefficient (Wildman–Crippen LogP) is 5.44. The molecule has 3 aromatic carbocycles. The molecular weight excluding hydrogens is 536 g/mol. The third kappa shape index (κ3) is 5.98. The van der Waals surface area contributed by atoms with E-state index < -0.39 is 12.1 Å². The molecule has 0 saturated carbocycles. The van der Waals surface area contributed by atoms with Crippen molar-refractivity contribution in [2.75, 3.05) is 26.2 Å². The number of urea groups is 1. The van der Waals surface area contributed by atoms with Crippen LogP contribution in [0.1, 0.15) is 73.2 Å². The highest BCUT2D eigenvalue weighted by Gasteiger charge is 2.45. The van der Waals surface area contributed by atoms with E-state index in [2.05, 4.69) is 44.0 Å². The van der Waals surface area contributed by atoms with Gasteiger partial charge in [-0.1, -0.05) is 62.9 Å². The lowest BCUT2D eigenvalue weighted by molar-refractivity contribution is -0.123. The van der Waals surface area contributed by atoms with Crippen molar-refractivity contribution in [1.29, 1.82) is 0 Å². The van der Waals surface area contributed by atoms with E-state index in [1.165, 1.54) is 0 Å². The van der Waals surface area contributed by atoms with Gasteiger partial charge in [-0.15, -0.1) is 12.8 Å². The third-order valence-corrected chi connectivity index (χ3v) is 7.81. The van der Waals surface area contributed by atoms with Crippen LogP contribution in [0, 0.1) is 24.7 Å². The van der Waals surface area contributed by atoms with Gasteiger partial charge >= 0.3 is 6.03 Å². The largest absolute Gasteiger partial charge is 0.493 e. The third-order valence-electron chi connectivity index (χ3n) is 7.81. The van der Waals surface area contributed by atoms with Crippen LogP contribution in [0.5, 0.6) is 5.75 Å². The van der Waals surface area contributed by atoms with Crippen molar-refractivity contribution in [3.63, 3.8) is 0 Å². The summed E-state index contributed by atoms with van der Waals surface area (Å²) in [5.74, 6) is 6.27. The van der Waals surface area contributed by atoms with Gasteiger partial charge in [-0.25, -0.2) is 4.79 Å². The van der Waals surface area contributed by atoms with E-state index in [-0.39, 0.29) is 23.9 Å². The smallest absolute Gasteiger partial charge is 0.326 e. The van der Waals surface area contributed by atoms with Gasteiger partial charge in [0, 0.05) is 24.2 Å². The second-order valence-corrected chi connectivity index (χ2v) is 11.7. The first-order valence-corrected chi connectivity index (χ1v) is 14.5. The molecule has 1 saturated heterocycles. The molecule has 3 aromatic rings. The SMILES string of the molecule is C#Cc1ccc(C2N=C(c3ccc(C(C)(C)C)cc3OCC)N(C(=O)N3CCNC(=O)C3)C2c2ccc(C#C)cc2)cc1. The first kappa shape index (κ1) is 29.5. The summed E-state index contributed by atoms with van der Waals surface area (Å²) in [6, 6.07) is 20.1. The minimum absolute atomic E-state index is 0.0336. The fourth-order valence-electron chi connectivity index (χ4n) is 5.49. The number of amides is 3. The van der Waals surface area contributed by atoms with Crippen LogP contribution in [0.15, 0.2) is 71.7 Å². The lowest BCUT2D eigenvalue weighted by atomic mass is 9.86. The average Bonchev–Trinajstić information content (AvgIpc) is 3.40. The molecule has 1 fully saturated rings. The maximum atomic E-state index is 14.5. The second-order valence-electron chi connectivity index (χ2n) is 11.7. The number of terminal acetylenes is 2. The van der Waals surface area contributed by atoms with Crippen molar-refractivity contribution in [2.45, 2.75) is 45.2 Å². The Kier molecular flexibility index (Phi) is 8.28. The number of nitrogens with one attached hydrogen (secondary N) is 1. The molecule has 5 rings (SSSR count). The Morgan fingerprint density at radius 1 is 1.00 bits per heavy atom. The molecule has 3 amide bonds. The Balaban J connectivity index is 1.72. The Bertz CT molecular complexity index is 1640.